The number of aromatic nitrogens is 2. The van der Waals surface area contributed by atoms with E-state index in [0.717, 1.165) is 6.42 Å². The summed E-state index contributed by atoms with van der Waals surface area (Å²) in [5.74, 6) is -0.116. The first-order valence-electron chi connectivity index (χ1n) is 5.59. The fourth-order valence-electron chi connectivity index (χ4n) is 1.67. The average molecular weight is 229 g/mol. The first-order chi connectivity index (χ1) is 8.25. The number of benzene rings is 1. The van der Waals surface area contributed by atoms with Crippen molar-refractivity contribution in [2.24, 2.45) is 0 Å². The van der Waals surface area contributed by atoms with Gasteiger partial charge in [0.15, 0.2) is 0 Å². The largest absolute Gasteiger partial charge is 0.350 e. The van der Waals surface area contributed by atoms with Crippen LogP contribution in [0.25, 0.3) is 0 Å². The van der Waals surface area contributed by atoms with E-state index in [1.54, 1.807) is 12.3 Å². The molecule has 0 unspecified atom stereocenters. The predicted octanol–water partition coefficient (Wildman–Crippen LogP) is 1.69. The standard InChI is InChI=1S/C13H15N3O/c1-10-3-2-4-11(9-10)5-7-14-13(17)12-6-8-15-16-12/h2-4,6,8-9H,5,7H2,1H3,(H,14,17)(H,15,16). The summed E-state index contributed by atoms with van der Waals surface area (Å²) >= 11 is 0. The second-order valence-corrected chi connectivity index (χ2v) is 3.97. The van der Waals surface area contributed by atoms with Crippen LogP contribution in [0.5, 0.6) is 0 Å². The second kappa shape index (κ2) is 5.30. The number of carbonyl (C=O) groups is 1. The second-order valence-electron chi connectivity index (χ2n) is 3.97. The molecular weight excluding hydrogens is 214 g/mol. The zero-order chi connectivity index (χ0) is 12.1. The van der Waals surface area contributed by atoms with Crippen molar-refractivity contribution in [1.29, 1.82) is 0 Å². The van der Waals surface area contributed by atoms with E-state index in [-0.39, 0.29) is 5.91 Å². The van der Waals surface area contributed by atoms with E-state index in [1.165, 1.54) is 11.1 Å². The Kier molecular flexibility index (Phi) is 3.55. The molecule has 1 heterocycles. The van der Waals surface area contributed by atoms with Gasteiger partial charge in [-0.3, -0.25) is 9.89 Å². The van der Waals surface area contributed by atoms with E-state index in [4.69, 9.17) is 0 Å². The smallest absolute Gasteiger partial charge is 0.269 e. The van der Waals surface area contributed by atoms with Crippen LogP contribution in [0, 0.1) is 6.92 Å². The minimum absolute atomic E-state index is 0.116. The Morgan fingerprint density at radius 1 is 1.41 bits per heavy atom. The molecule has 0 aliphatic carbocycles. The third-order valence-corrected chi connectivity index (χ3v) is 2.53. The summed E-state index contributed by atoms with van der Waals surface area (Å²) in [6, 6.07) is 9.94. The minimum Gasteiger partial charge on any atom is -0.350 e. The summed E-state index contributed by atoms with van der Waals surface area (Å²) in [5.41, 5.74) is 2.96. The number of nitrogens with one attached hydrogen (secondary N) is 2. The molecule has 4 nitrogen and oxygen atoms in total. The highest BCUT2D eigenvalue weighted by atomic mass is 16.1. The fraction of sp³-hybridized carbons (Fsp3) is 0.231. The van der Waals surface area contributed by atoms with Crippen molar-refractivity contribution in [2.45, 2.75) is 13.3 Å². The Morgan fingerprint density at radius 2 is 2.29 bits per heavy atom. The zero-order valence-electron chi connectivity index (χ0n) is 9.73. The normalized spacial score (nSPS) is 10.2. The lowest BCUT2D eigenvalue weighted by Gasteiger charge is -2.04. The van der Waals surface area contributed by atoms with Gasteiger partial charge in [-0.1, -0.05) is 29.8 Å². The molecule has 88 valence electrons. The molecule has 1 amide bonds. The monoisotopic (exact) mass is 229 g/mol. The van der Waals surface area contributed by atoms with E-state index in [1.807, 2.05) is 6.07 Å². The molecule has 0 radical (unpaired) electrons. The van der Waals surface area contributed by atoms with Gasteiger partial charge in [-0.05, 0) is 25.0 Å². The lowest BCUT2D eigenvalue weighted by atomic mass is 10.1. The number of aryl methyl sites for hydroxylation is 1. The Balaban J connectivity index is 1.82. The van der Waals surface area contributed by atoms with E-state index in [0.29, 0.717) is 12.2 Å². The van der Waals surface area contributed by atoms with Crippen LogP contribution in [0.15, 0.2) is 36.5 Å². The first kappa shape index (κ1) is 11.4. The molecule has 0 atom stereocenters. The van der Waals surface area contributed by atoms with Crippen molar-refractivity contribution in [1.82, 2.24) is 15.5 Å². The van der Waals surface area contributed by atoms with Crippen LogP contribution >= 0.6 is 0 Å². The molecule has 1 aromatic heterocycles. The van der Waals surface area contributed by atoms with Gasteiger partial charge in [0, 0.05) is 12.7 Å². The number of hydrogen-bond donors (Lipinski definition) is 2. The number of hydrogen-bond acceptors (Lipinski definition) is 2. The predicted molar refractivity (Wildman–Crippen MR) is 65.8 cm³/mol. The highest BCUT2D eigenvalue weighted by molar-refractivity contribution is 5.92. The van der Waals surface area contributed by atoms with Crippen molar-refractivity contribution in [2.75, 3.05) is 6.54 Å². The van der Waals surface area contributed by atoms with Gasteiger partial charge >= 0.3 is 0 Å². The molecule has 0 aliphatic rings. The molecule has 0 aliphatic heterocycles. The molecule has 2 N–H and O–H groups in total. The molecule has 0 saturated heterocycles. The Morgan fingerprint density at radius 3 is 3.00 bits per heavy atom. The molecule has 0 fully saturated rings. The van der Waals surface area contributed by atoms with Gasteiger partial charge in [-0.2, -0.15) is 5.10 Å². The van der Waals surface area contributed by atoms with Crippen molar-refractivity contribution in [3.05, 3.63) is 53.3 Å². The highest BCUT2D eigenvalue weighted by Crippen LogP contribution is 2.04. The summed E-state index contributed by atoms with van der Waals surface area (Å²) in [7, 11) is 0. The molecule has 2 aromatic rings. The molecular formula is C13H15N3O. The summed E-state index contributed by atoms with van der Waals surface area (Å²) < 4.78 is 0. The minimum atomic E-state index is -0.116. The van der Waals surface area contributed by atoms with E-state index >= 15 is 0 Å². The molecule has 0 saturated carbocycles. The fourth-order valence-corrected chi connectivity index (χ4v) is 1.67. The highest BCUT2D eigenvalue weighted by Gasteiger charge is 2.05. The molecule has 4 heteroatoms. The third-order valence-electron chi connectivity index (χ3n) is 2.53. The van der Waals surface area contributed by atoms with Crippen LogP contribution < -0.4 is 5.32 Å². The van der Waals surface area contributed by atoms with Crippen LogP contribution in [-0.4, -0.2) is 22.6 Å². The lowest BCUT2D eigenvalue weighted by molar-refractivity contribution is 0.0949. The summed E-state index contributed by atoms with van der Waals surface area (Å²) in [4.78, 5) is 11.6. The van der Waals surface area contributed by atoms with Gasteiger partial charge in [0.05, 0.1) is 0 Å². The van der Waals surface area contributed by atoms with Crippen LogP contribution in [-0.2, 0) is 6.42 Å². The van der Waals surface area contributed by atoms with Gasteiger partial charge < -0.3 is 5.32 Å². The summed E-state index contributed by atoms with van der Waals surface area (Å²) in [5, 5.41) is 9.21. The number of H-pyrrole nitrogens is 1. The number of carbonyl (C=O) groups excluding carboxylic acids is 1. The van der Waals surface area contributed by atoms with Crippen LogP contribution in [0.2, 0.25) is 0 Å². The topological polar surface area (TPSA) is 57.8 Å². The van der Waals surface area contributed by atoms with E-state index in [9.17, 15) is 4.79 Å². The van der Waals surface area contributed by atoms with E-state index < -0.39 is 0 Å². The molecule has 1 aromatic carbocycles. The van der Waals surface area contributed by atoms with Gasteiger partial charge in [0.1, 0.15) is 5.69 Å². The number of rotatable bonds is 4. The quantitative estimate of drug-likeness (QED) is 0.838. The average Bonchev–Trinajstić information content (AvgIpc) is 2.82. The molecule has 0 spiro atoms. The van der Waals surface area contributed by atoms with Gasteiger partial charge in [0.2, 0.25) is 0 Å². The van der Waals surface area contributed by atoms with Gasteiger partial charge in [0.25, 0.3) is 5.91 Å². The van der Waals surface area contributed by atoms with Crippen molar-refractivity contribution >= 4 is 5.91 Å². The maximum absolute atomic E-state index is 11.6. The SMILES string of the molecule is Cc1cccc(CCNC(=O)c2ccn[nH]2)c1. The van der Waals surface area contributed by atoms with E-state index in [2.05, 4.69) is 40.6 Å². The Hall–Kier alpha value is -2.10. The Labute approximate surface area is 100 Å². The maximum atomic E-state index is 11.6. The molecule has 2 rings (SSSR count). The zero-order valence-corrected chi connectivity index (χ0v) is 9.73. The number of nitrogens with zero attached hydrogens (tertiary/aromatic N) is 1. The summed E-state index contributed by atoms with van der Waals surface area (Å²) in [6.45, 7) is 2.69. The van der Waals surface area contributed by atoms with Gasteiger partial charge in [-0.15, -0.1) is 0 Å². The summed E-state index contributed by atoms with van der Waals surface area (Å²) in [6.07, 6.45) is 2.40. The van der Waals surface area contributed by atoms with Crippen LogP contribution in [0.1, 0.15) is 21.6 Å². The lowest BCUT2D eigenvalue weighted by Crippen LogP contribution is -2.26. The van der Waals surface area contributed by atoms with Crippen molar-refractivity contribution in [3.63, 3.8) is 0 Å². The number of aromatic amines is 1. The van der Waals surface area contributed by atoms with Crippen LogP contribution in [0.3, 0.4) is 0 Å². The van der Waals surface area contributed by atoms with Crippen LogP contribution in [0.4, 0.5) is 0 Å². The third kappa shape index (κ3) is 3.17. The Bertz CT molecular complexity index is 491. The molecule has 0 bridgehead atoms. The van der Waals surface area contributed by atoms with Crippen molar-refractivity contribution < 1.29 is 4.79 Å². The number of amides is 1. The molecule has 17 heavy (non-hydrogen) atoms. The van der Waals surface area contributed by atoms with Crippen molar-refractivity contribution in [3.8, 4) is 0 Å². The first-order valence-corrected chi connectivity index (χ1v) is 5.59. The van der Waals surface area contributed by atoms with Gasteiger partial charge in [-0.25, -0.2) is 0 Å². The maximum Gasteiger partial charge on any atom is 0.269 e.